The zero-order valence-electron chi connectivity index (χ0n) is 47.5. The number of rotatable bonds is 12. The number of fused-ring (bicyclic) bond motifs is 3. The average molecular weight is 1080 g/mol. The molecule has 0 aromatic carbocycles. The van der Waals surface area contributed by atoms with E-state index in [0.717, 1.165) is 12.0 Å². The minimum atomic E-state index is -2.46. The Labute approximate surface area is 455 Å². The molecule has 4 heterocycles. The van der Waals surface area contributed by atoms with Gasteiger partial charge in [-0.2, -0.15) is 0 Å². The number of carbonyl (C=O) groups excluding carboxylic acids is 5. The van der Waals surface area contributed by atoms with Crippen LogP contribution < -0.4 is 0 Å². The smallest absolute Gasteiger partial charge is 0.329 e. The molecule has 4 aliphatic rings. The number of hydrogen-bond acceptors (Lipinski definition) is 17. The lowest BCUT2D eigenvalue weighted by atomic mass is 9.78. The number of ketones is 3. The molecular formula is C58H90N4O15. The summed E-state index contributed by atoms with van der Waals surface area (Å²) < 4.78 is 37.7. The number of esters is 1. The molecule has 4 N–H and O–H groups in total. The molecule has 0 radical (unpaired) electrons. The number of aliphatic hydroxyl groups excluding tert-OH is 3. The van der Waals surface area contributed by atoms with Crippen LogP contribution in [0.5, 0.6) is 0 Å². The van der Waals surface area contributed by atoms with E-state index in [9.17, 15) is 44.4 Å². The van der Waals surface area contributed by atoms with Crippen molar-refractivity contribution in [1.29, 1.82) is 0 Å². The molecule has 1 aliphatic carbocycles. The lowest BCUT2D eigenvalue weighted by molar-refractivity contribution is -0.265. The molecule has 19 nitrogen and oxygen atoms in total. The van der Waals surface area contributed by atoms with Gasteiger partial charge in [0, 0.05) is 58.5 Å². The Balaban J connectivity index is 1.42. The van der Waals surface area contributed by atoms with E-state index >= 15 is 0 Å². The highest BCUT2D eigenvalue weighted by Gasteiger charge is 2.53. The van der Waals surface area contributed by atoms with Crippen LogP contribution in [0.15, 0.2) is 53.8 Å². The highest BCUT2D eigenvalue weighted by molar-refractivity contribution is 6.39. The van der Waals surface area contributed by atoms with Gasteiger partial charge >= 0.3 is 5.97 Å². The maximum absolute atomic E-state index is 14.6. The van der Waals surface area contributed by atoms with E-state index in [4.69, 9.17) is 28.4 Å². The van der Waals surface area contributed by atoms with Crippen LogP contribution in [0.4, 0.5) is 0 Å². The molecule has 1 amide bonds. The van der Waals surface area contributed by atoms with E-state index in [1.165, 1.54) is 16.7 Å². The van der Waals surface area contributed by atoms with Gasteiger partial charge in [0.2, 0.25) is 5.79 Å². The summed E-state index contributed by atoms with van der Waals surface area (Å²) >= 11 is 0. The van der Waals surface area contributed by atoms with Crippen LogP contribution in [0.25, 0.3) is 0 Å². The highest BCUT2D eigenvalue weighted by atomic mass is 16.6. The van der Waals surface area contributed by atoms with Crippen molar-refractivity contribution in [2.45, 2.75) is 199 Å². The predicted octanol–water partition coefficient (Wildman–Crippen LogP) is 5.70. The number of aliphatic hydroxyl groups is 4. The second-order valence-electron chi connectivity index (χ2n) is 22.9. The van der Waals surface area contributed by atoms with E-state index in [-0.39, 0.29) is 74.8 Å². The number of piperidine rings is 1. The molecule has 15 atom stereocenters. The van der Waals surface area contributed by atoms with Crippen LogP contribution in [0.2, 0.25) is 0 Å². The Kier molecular flexibility index (Phi) is 24.1. The summed E-state index contributed by atoms with van der Waals surface area (Å²) in [6, 6.07) is -1.18. The second-order valence-corrected chi connectivity index (χ2v) is 22.9. The van der Waals surface area contributed by atoms with Gasteiger partial charge in [-0.05, 0) is 114 Å². The van der Waals surface area contributed by atoms with E-state index in [1.54, 1.807) is 54.2 Å². The van der Waals surface area contributed by atoms with Crippen LogP contribution in [-0.2, 0) is 64.5 Å². The zero-order valence-corrected chi connectivity index (χ0v) is 47.5. The fourth-order valence-electron chi connectivity index (χ4n) is 11.3. The Morgan fingerprint density at radius 3 is 2.29 bits per heavy atom. The van der Waals surface area contributed by atoms with E-state index < -0.39 is 89.2 Å². The molecule has 2 saturated heterocycles. The van der Waals surface area contributed by atoms with E-state index in [2.05, 4.69) is 10.3 Å². The molecule has 77 heavy (non-hydrogen) atoms. The summed E-state index contributed by atoms with van der Waals surface area (Å²) in [6.45, 7) is 13.8. The van der Waals surface area contributed by atoms with Crippen molar-refractivity contribution in [1.82, 2.24) is 19.9 Å². The number of nitrogens with zero attached hydrogens (tertiary/aromatic N) is 4. The molecule has 432 valence electrons. The molecule has 0 spiro atoms. The lowest BCUT2D eigenvalue weighted by Crippen LogP contribution is -2.61. The van der Waals surface area contributed by atoms with Gasteiger partial charge in [0.1, 0.15) is 29.5 Å². The van der Waals surface area contributed by atoms with Crippen LogP contribution in [0.1, 0.15) is 138 Å². The van der Waals surface area contributed by atoms with Crippen molar-refractivity contribution < 1.29 is 72.8 Å². The maximum Gasteiger partial charge on any atom is 0.329 e. The first-order chi connectivity index (χ1) is 36.5. The number of Topliss-reactive ketones (excluding diaryl/α,β-unsaturated/α-hetero) is 3. The number of cyclic esters (lactones) is 1. The van der Waals surface area contributed by atoms with Crippen LogP contribution >= 0.6 is 0 Å². The Bertz CT molecular complexity index is 2260. The number of ether oxygens (including phenoxy) is 6. The summed E-state index contributed by atoms with van der Waals surface area (Å²) in [5.74, 6) is -8.24. The van der Waals surface area contributed by atoms with Crippen LogP contribution in [-0.4, -0.2) is 165 Å². The van der Waals surface area contributed by atoms with Crippen molar-refractivity contribution in [2.24, 2.45) is 35.5 Å². The van der Waals surface area contributed by atoms with Crippen LogP contribution in [0.3, 0.4) is 0 Å². The average Bonchev–Trinajstić information content (AvgIpc) is 3.92. The van der Waals surface area contributed by atoms with Gasteiger partial charge in [-0.3, -0.25) is 19.2 Å². The second kappa shape index (κ2) is 29.2. The number of aromatic nitrogens is 3. The third-order valence-corrected chi connectivity index (χ3v) is 16.7. The van der Waals surface area contributed by atoms with Crippen molar-refractivity contribution in [2.75, 3.05) is 41.1 Å². The standard InChI is InChI=1S/C58H90N4O15/c1-35-17-13-12-14-18-36(2)48(72-9)29-44-22-20-41(7)58(71,77-44)54(68)55(69)61-24-16-15-19-45(61)56(70)76-49(30-46(65)37(3)26-40(6)52(67)53(74-11)51(66)39(5)25-35)38(4)27-42-21-23-47(50(28-42)73-10)75-32-43-31-62(60-59-43)57(8,33-63)34-64/h12-14,17-18,26,31,35,38-42,44-45,47-50,52-53,63-64,67,71H,15-16,19-25,27-30,32-34H2,1-11H3/b14-12?,17-13?,36-18?,37-26+/t35-,38-,39-,40?,41-,42+,44+,45+,47-,48+,49+,50-,52-,53+,58-/m1/s1. The van der Waals surface area contributed by atoms with Gasteiger partial charge in [-0.15, -0.1) is 5.10 Å². The number of amides is 1. The minimum Gasteiger partial charge on any atom is -0.460 e. The first-order valence-electron chi connectivity index (χ1n) is 27.8. The first-order valence-corrected chi connectivity index (χ1v) is 27.8. The predicted molar refractivity (Wildman–Crippen MR) is 286 cm³/mol. The number of hydrogen-bond donors (Lipinski definition) is 4. The van der Waals surface area contributed by atoms with Crippen LogP contribution in [0, 0.1) is 35.5 Å². The van der Waals surface area contributed by atoms with Gasteiger partial charge in [-0.25, -0.2) is 9.48 Å². The molecule has 1 saturated carbocycles. The van der Waals surface area contributed by atoms with Crippen molar-refractivity contribution in [3.05, 3.63) is 59.5 Å². The molecule has 1 unspecified atom stereocenters. The fraction of sp³-hybridized carbons (Fsp3) is 0.741. The number of allylic oxidation sites excluding steroid dienone is 6. The lowest BCUT2D eigenvalue weighted by Gasteiger charge is -2.42. The largest absolute Gasteiger partial charge is 0.460 e. The summed E-state index contributed by atoms with van der Waals surface area (Å²) in [6.07, 6.45) is 12.9. The normalized spacial score (nSPS) is 34.7. The third kappa shape index (κ3) is 16.4. The zero-order chi connectivity index (χ0) is 56.8. The Hall–Kier alpha value is -4.31. The van der Waals surface area contributed by atoms with Gasteiger partial charge in [-0.1, -0.05) is 76.3 Å². The monoisotopic (exact) mass is 1080 g/mol. The summed E-state index contributed by atoms with van der Waals surface area (Å²) in [7, 11) is 4.57. The highest BCUT2D eigenvalue weighted by Crippen LogP contribution is 2.38. The van der Waals surface area contributed by atoms with Gasteiger partial charge in [0.15, 0.2) is 11.6 Å². The van der Waals surface area contributed by atoms with Gasteiger partial charge < -0.3 is 53.7 Å². The first kappa shape index (κ1) is 63.5. The quantitative estimate of drug-likeness (QED) is 0.145. The number of methoxy groups -OCH3 is 3. The van der Waals surface area contributed by atoms with Crippen molar-refractivity contribution in [3.8, 4) is 0 Å². The number of carbonyl (C=O) groups is 5. The van der Waals surface area contributed by atoms with Crippen molar-refractivity contribution >= 4 is 29.2 Å². The minimum absolute atomic E-state index is 0.00326. The molecule has 19 heteroatoms. The molecular weight excluding hydrogens is 993 g/mol. The van der Waals surface area contributed by atoms with E-state index in [0.29, 0.717) is 69.1 Å². The molecule has 1 aromatic heterocycles. The third-order valence-electron chi connectivity index (χ3n) is 16.7. The Morgan fingerprint density at radius 1 is 0.883 bits per heavy atom. The van der Waals surface area contributed by atoms with Crippen molar-refractivity contribution in [3.63, 3.8) is 0 Å². The summed E-state index contributed by atoms with van der Waals surface area (Å²) in [4.78, 5) is 72.7. The molecule has 3 aliphatic heterocycles. The molecule has 2 bridgehead atoms. The maximum atomic E-state index is 14.6. The van der Waals surface area contributed by atoms with Gasteiger partial charge in [0.25, 0.3) is 11.7 Å². The molecule has 1 aromatic rings. The molecule has 3 fully saturated rings. The Morgan fingerprint density at radius 2 is 1.61 bits per heavy atom. The topological polar surface area (TPSA) is 256 Å². The fourth-order valence-corrected chi connectivity index (χ4v) is 11.3. The SMILES string of the molecule is CO[C@H]1C[C@@H]2CC[C@@H](C)[C@@](O)(O2)C(=O)C(=O)N2CCCC[C@H]2C(=O)O[C@H]([C@H](C)C[C@@H]2CC[C@@H](OCc3cn(C(C)(CO)CO)nn3)[C@H](OC)C2)CC(=O)/C(C)=C/C(C)[C@@H](O)[C@@H](OC)C(=O)[C@H](C)C[C@H](C)C=CC=CC=C1C. The van der Waals surface area contributed by atoms with E-state index in [1.807, 2.05) is 58.1 Å². The summed E-state index contributed by atoms with van der Waals surface area (Å²) in [5, 5.41) is 51.5. The van der Waals surface area contributed by atoms with Gasteiger partial charge in [0.05, 0.1) is 56.5 Å². The molecule has 5 rings (SSSR count). The summed E-state index contributed by atoms with van der Waals surface area (Å²) in [5.41, 5.74) is 0.660.